The van der Waals surface area contributed by atoms with Gasteiger partial charge in [0.15, 0.2) is 0 Å². The van der Waals surface area contributed by atoms with Crippen LogP contribution in [0, 0.1) is 0 Å². The predicted octanol–water partition coefficient (Wildman–Crippen LogP) is -0.761. The Labute approximate surface area is 61.3 Å². The highest BCUT2D eigenvalue weighted by molar-refractivity contribution is 4.45. The molecule has 62 valence electrons. The van der Waals surface area contributed by atoms with Crippen LogP contribution in [-0.2, 0) is 4.84 Å². The van der Waals surface area contributed by atoms with Crippen molar-refractivity contribution in [3.63, 3.8) is 0 Å². The second kappa shape index (κ2) is 8.84. The number of rotatable bonds is 7. The number of nitrogens with one attached hydrogen (secondary N) is 1. The van der Waals surface area contributed by atoms with Crippen LogP contribution in [0.2, 0.25) is 0 Å². The number of hydrogen-bond acceptors (Lipinski definition) is 4. The summed E-state index contributed by atoms with van der Waals surface area (Å²) in [5.41, 5.74) is 0. The smallest absolute Gasteiger partial charge is 0.0691 e. The van der Waals surface area contributed by atoms with E-state index in [4.69, 9.17) is 11.0 Å². The van der Waals surface area contributed by atoms with E-state index >= 15 is 0 Å². The molecule has 4 nitrogen and oxygen atoms in total. The van der Waals surface area contributed by atoms with Gasteiger partial charge in [-0.1, -0.05) is 0 Å². The van der Waals surface area contributed by atoms with Crippen molar-refractivity contribution in [2.24, 2.45) is 5.90 Å². The van der Waals surface area contributed by atoms with Crippen molar-refractivity contribution in [3.8, 4) is 0 Å². The SMILES string of the molecule is NOCCCNCCCO. The predicted molar refractivity (Wildman–Crippen MR) is 39.3 cm³/mol. The highest BCUT2D eigenvalue weighted by atomic mass is 16.6. The molecule has 0 unspecified atom stereocenters. The quantitative estimate of drug-likeness (QED) is 0.328. The Morgan fingerprint density at radius 3 is 2.60 bits per heavy atom. The van der Waals surface area contributed by atoms with Gasteiger partial charge in [0.25, 0.3) is 0 Å². The van der Waals surface area contributed by atoms with E-state index in [2.05, 4.69) is 10.2 Å². The standard InChI is InChI=1S/C6H16N2O2/c7-10-6-2-4-8-3-1-5-9/h8-9H,1-7H2. The van der Waals surface area contributed by atoms with Crippen molar-refractivity contribution in [3.05, 3.63) is 0 Å². The number of aliphatic hydroxyl groups is 1. The molecule has 4 N–H and O–H groups in total. The van der Waals surface area contributed by atoms with Gasteiger partial charge in [-0.25, -0.2) is 5.90 Å². The van der Waals surface area contributed by atoms with Crippen LogP contribution in [0.4, 0.5) is 0 Å². The van der Waals surface area contributed by atoms with E-state index in [1.165, 1.54) is 0 Å². The average molecular weight is 148 g/mol. The van der Waals surface area contributed by atoms with Crippen LogP contribution in [0.3, 0.4) is 0 Å². The summed E-state index contributed by atoms with van der Waals surface area (Å²) in [5.74, 6) is 4.80. The molecule has 0 atom stereocenters. The molecule has 0 fully saturated rings. The molecule has 0 aliphatic rings. The molecule has 0 saturated heterocycles. The third-order valence-electron chi connectivity index (χ3n) is 1.13. The van der Waals surface area contributed by atoms with Gasteiger partial charge in [-0.15, -0.1) is 0 Å². The van der Waals surface area contributed by atoms with Crippen LogP contribution in [0.5, 0.6) is 0 Å². The van der Waals surface area contributed by atoms with Crippen molar-refractivity contribution < 1.29 is 9.94 Å². The maximum atomic E-state index is 8.38. The second-order valence-corrected chi connectivity index (χ2v) is 2.05. The molecule has 0 heterocycles. The Hall–Kier alpha value is -0.160. The molecule has 0 aromatic carbocycles. The minimum Gasteiger partial charge on any atom is -0.396 e. The lowest BCUT2D eigenvalue weighted by atomic mass is 10.4. The van der Waals surface area contributed by atoms with Gasteiger partial charge in [0.1, 0.15) is 0 Å². The van der Waals surface area contributed by atoms with Gasteiger partial charge in [-0.05, 0) is 25.9 Å². The van der Waals surface area contributed by atoms with E-state index in [1.54, 1.807) is 0 Å². The minimum absolute atomic E-state index is 0.250. The monoisotopic (exact) mass is 148 g/mol. The summed E-state index contributed by atoms with van der Waals surface area (Å²) in [6, 6.07) is 0. The molecule has 0 aromatic rings. The first-order chi connectivity index (χ1) is 4.91. The van der Waals surface area contributed by atoms with Crippen molar-refractivity contribution >= 4 is 0 Å². The molecule has 0 spiro atoms. The Balaban J connectivity index is 2.65. The first kappa shape index (κ1) is 9.84. The summed E-state index contributed by atoms with van der Waals surface area (Å²) in [6.45, 7) is 2.60. The van der Waals surface area contributed by atoms with Crippen LogP contribution in [0.25, 0.3) is 0 Å². The Bertz CT molecular complexity index is 53.7. The van der Waals surface area contributed by atoms with E-state index in [0.29, 0.717) is 6.61 Å². The first-order valence-electron chi connectivity index (χ1n) is 3.55. The minimum atomic E-state index is 0.250. The van der Waals surface area contributed by atoms with Crippen LogP contribution in [0.1, 0.15) is 12.8 Å². The van der Waals surface area contributed by atoms with E-state index in [1.807, 2.05) is 0 Å². The first-order valence-corrected chi connectivity index (χ1v) is 3.55. The van der Waals surface area contributed by atoms with Gasteiger partial charge in [0.05, 0.1) is 6.61 Å². The second-order valence-electron chi connectivity index (χ2n) is 2.05. The molecule has 0 aliphatic carbocycles. The van der Waals surface area contributed by atoms with Crippen LogP contribution < -0.4 is 11.2 Å². The summed E-state index contributed by atoms with van der Waals surface area (Å²) >= 11 is 0. The van der Waals surface area contributed by atoms with Gasteiger partial charge >= 0.3 is 0 Å². The maximum absolute atomic E-state index is 8.38. The van der Waals surface area contributed by atoms with E-state index < -0.39 is 0 Å². The molecular weight excluding hydrogens is 132 g/mol. The van der Waals surface area contributed by atoms with Crippen LogP contribution in [-0.4, -0.2) is 31.4 Å². The highest BCUT2D eigenvalue weighted by Crippen LogP contribution is 1.76. The lowest BCUT2D eigenvalue weighted by molar-refractivity contribution is 0.135. The largest absolute Gasteiger partial charge is 0.396 e. The van der Waals surface area contributed by atoms with Gasteiger partial charge in [-0.3, -0.25) is 0 Å². The van der Waals surface area contributed by atoms with Gasteiger partial charge in [-0.2, -0.15) is 0 Å². The highest BCUT2D eigenvalue weighted by Gasteiger charge is 1.86. The number of nitrogens with two attached hydrogens (primary N) is 1. The number of aliphatic hydroxyl groups excluding tert-OH is 1. The molecule has 0 bridgehead atoms. The zero-order chi connectivity index (χ0) is 7.66. The van der Waals surface area contributed by atoms with E-state index in [-0.39, 0.29) is 6.61 Å². The third-order valence-corrected chi connectivity index (χ3v) is 1.13. The topological polar surface area (TPSA) is 67.5 Å². The van der Waals surface area contributed by atoms with Crippen molar-refractivity contribution in [1.82, 2.24) is 5.32 Å². The van der Waals surface area contributed by atoms with Gasteiger partial charge < -0.3 is 15.3 Å². The van der Waals surface area contributed by atoms with Gasteiger partial charge in [0, 0.05) is 6.61 Å². The Morgan fingerprint density at radius 1 is 1.30 bits per heavy atom. The lowest BCUT2D eigenvalue weighted by Crippen LogP contribution is -2.19. The molecule has 0 rings (SSSR count). The third kappa shape index (κ3) is 7.84. The molecule has 0 amide bonds. The maximum Gasteiger partial charge on any atom is 0.0691 e. The zero-order valence-corrected chi connectivity index (χ0v) is 6.18. The van der Waals surface area contributed by atoms with Crippen LogP contribution in [0.15, 0.2) is 0 Å². The normalized spacial score (nSPS) is 10.2. The molecular formula is C6H16N2O2. The van der Waals surface area contributed by atoms with Crippen molar-refractivity contribution in [1.29, 1.82) is 0 Å². The zero-order valence-electron chi connectivity index (χ0n) is 6.18. The summed E-state index contributed by atoms with van der Waals surface area (Å²) in [7, 11) is 0. The van der Waals surface area contributed by atoms with Crippen molar-refractivity contribution in [2.75, 3.05) is 26.3 Å². The molecule has 0 saturated carbocycles. The Kier molecular flexibility index (Phi) is 8.70. The Morgan fingerprint density at radius 2 is 2.00 bits per heavy atom. The summed E-state index contributed by atoms with van der Waals surface area (Å²) in [4.78, 5) is 4.36. The fourth-order valence-corrected chi connectivity index (χ4v) is 0.610. The molecule has 4 heteroatoms. The fraction of sp³-hybridized carbons (Fsp3) is 1.00. The van der Waals surface area contributed by atoms with Crippen LogP contribution >= 0.6 is 0 Å². The molecule has 0 aromatic heterocycles. The van der Waals surface area contributed by atoms with E-state index in [9.17, 15) is 0 Å². The molecule has 10 heavy (non-hydrogen) atoms. The van der Waals surface area contributed by atoms with E-state index in [0.717, 1.165) is 25.9 Å². The van der Waals surface area contributed by atoms with Gasteiger partial charge in [0.2, 0.25) is 0 Å². The molecule has 0 radical (unpaired) electrons. The number of hydrogen-bond donors (Lipinski definition) is 3. The summed E-state index contributed by atoms with van der Waals surface area (Å²) < 4.78 is 0. The molecule has 0 aliphatic heterocycles. The van der Waals surface area contributed by atoms with Crippen molar-refractivity contribution in [2.45, 2.75) is 12.8 Å². The average Bonchev–Trinajstić information content (AvgIpc) is 1.97. The summed E-state index contributed by atoms with van der Waals surface area (Å²) in [5, 5.41) is 11.5. The fourth-order valence-electron chi connectivity index (χ4n) is 0.610. The lowest BCUT2D eigenvalue weighted by Gasteiger charge is -2.01. The summed E-state index contributed by atoms with van der Waals surface area (Å²) in [6.07, 6.45) is 1.73.